The molecule has 0 radical (unpaired) electrons. The summed E-state index contributed by atoms with van der Waals surface area (Å²) in [4.78, 5) is 42.4. The number of fused-ring (bicyclic) bond motifs is 1. The molecule has 4 rings (SSSR count). The Morgan fingerprint density at radius 1 is 1.00 bits per heavy atom. The van der Waals surface area contributed by atoms with Gasteiger partial charge in [0.25, 0.3) is 5.56 Å². The fourth-order valence-electron chi connectivity index (χ4n) is 3.65. The van der Waals surface area contributed by atoms with Crippen LogP contribution in [-0.4, -0.2) is 38.3 Å². The smallest absolute Gasteiger partial charge is 0.326 e. The highest BCUT2D eigenvalue weighted by molar-refractivity contribution is 7.99. The van der Waals surface area contributed by atoms with Gasteiger partial charge < -0.3 is 10.4 Å². The van der Waals surface area contributed by atoms with Crippen LogP contribution in [0.1, 0.15) is 11.1 Å². The van der Waals surface area contributed by atoms with Crippen LogP contribution in [0.3, 0.4) is 0 Å². The standard InChI is InChI=1S/C26H23N3O4S/c1-17-9-5-8-14-22(17)29-24(31)19-12-6-7-13-20(19)28-26(29)34-16-23(30)27-21(25(32)33)15-18-10-3-2-4-11-18/h2-14,21H,15-16H2,1H3,(H,27,30)(H,32,33). The predicted octanol–water partition coefficient (Wildman–Crippen LogP) is 3.60. The van der Waals surface area contributed by atoms with Crippen LogP contribution < -0.4 is 10.9 Å². The van der Waals surface area contributed by atoms with E-state index in [4.69, 9.17) is 0 Å². The van der Waals surface area contributed by atoms with Crippen molar-refractivity contribution in [1.82, 2.24) is 14.9 Å². The Kier molecular flexibility index (Phi) is 7.08. The number of amides is 1. The molecule has 1 amide bonds. The van der Waals surface area contributed by atoms with Gasteiger partial charge in [-0.05, 0) is 36.2 Å². The highest BCUT2D eigenvalue weighted by atomic mass is 32.2. The van der Waals surface area contributed by atoms with Crippen molar-refractivity contribution in [2.45, 2.75) is 24.5 Å². The first-order valence-corrected chi connectivity index (χ1v) is 11.7. The maximum Gasteiger partial charge on any atom is 0.326 e. The van der Waals surface area contributed by atoms with Crippen LogP contribution >= 0.6 is 11.8 Å². The zero-order valence-electron chi connectivity index (χ0n) is 18.5. The van der Waals surface area contributed by atoms with Gasteiger partial charge >= 0.3 is 5.97 Å². The van der Waals surface area contributed by atoms with Gasteiger partial charge in [0, 0.05) is 6.42 Å². The maximum absolute atomic E-state index is 13.3. The van der Waals surface area contributed by atoms with Crippen LogP contribution in [-0.2, 0) is 16.0 Å². The Balaban J connectivity index is 1.60. The van der Waals surface area contributed by atoms with E-state index in [0.717, 1.165) is 22.9 Å². The quantitative estimate of drug-likeness (QED) is 0.300. The molecule has 1 unspecified atom stereocenters. The van der Waals surface area contributed by atoms with E-state index in [0.29, 0.717) is 21.7 Å². The zero-order chi connectivity index (χ0) is 24.1. The zero-order valence-corrected chi connectivity index (χ0v) is 19.3. The molecular formula is C26H23N3O4S. The normalized spacial score (nSPS) is 11.8. The molecule has 0 saturated heterocycles. The summed E-state index contributed by atoms with van der Waals surface area (Å²) in [5.41, 5.74) is 2.69. The van der Waals surface area contributed by atoms with Gasteiger partial charge in [-0.1, -0.05) is 72.4 Å². The second kappa shape index (κ2) is 10.4. The highest BCUT2D eigenvalue weighted by Gasteiger charge is 2.21. The Hall–Kier alpha value is -3.91. The SMILES string of the molecule is Cc1ccccc1-n1c(SCC(=O)NC(Cc2ccccc2)C(=O)O)nc2ccccc2c1=O. The number of aromatic nitrogens is 2. The van der Waals surface area contributed by atoms with Gasteiger partial charge in [0.05, 0.1) is 22.3 Å². The lowest BCUT2D eigenvalue weighted by molar-refractivity contribution is -0.141. The number of nitrogens with one attached hydrogen (secondary N) is 1. The second-order valence-corrected chi connectivity index (χ2v) is 8.72. The fourth-order valence-corrected chi connectivity index (χ4v) is 4.47. The molecule has 0 spiro atoms. The third-order valence-electron chi connectivity index (χ3n) is 5.35. The van der Waals surface area contributed by atoms with Gasteiger partial charge in [0.15, 0.2) is 5.16 Å². The maximum atomic E-state index is 13.3. The minimum absolute atomic E-state index is 0.0881. The number of carboxylic acids is 1. The number of carbonyl (C=O) groups is 2. The van der Waals surface area contributed by atoms with Crippen molar-refractivity contribution in [3.63, 3.8) is 0 Å². The van der Waals surface area contributed by atoms with E-state index in [1.807, 2.05) is 61.5 Å². The molecule has 2 N–H and O–H groups in total. The lowest BCUT2D eigenvalue weighted by atomic mass is 10.1. The summed E-state index contributed by atoms with van der Waals surface area (Å²) in [6.45, 7) is 1.90. The van der Waals surface area contributed by atoms with E-state index in [2.05, 4.69) is 10.3 Å². The van der Waals surface area contributed by atoms with Crippen LogP contribution in [0, 0.1) is 6.92 Å². The molecule has 7 nitrogen and oxygen atoms in total. The topological polar surface area (TPSA) is 101 Å². The molecule has 0 aliphatic carbocycles. The Bertz CT molecular complexity index is 1400. The van der Waals surface area contributed by atoms with Crippen molar-refractivity contribution in [2.24, 2.45) is 0 Å². The van der Waals surface area contributed by atoms with Gasteiger partial charge in [-0.15, -0.1) is 0 Å². The second-order valence-electron chi connectivity index (χ2n) is 7.78. The number of aliphatic carboxylic acids is 1. The number of hydrogen-bond donors (Lipinski definition) is 2. The number of aryl methyl sites for hydroxylation is 1. The highest BCUT2D eigenvalue weighted by Crippen LogP contribution is 2.23. The predicted molar refractivity (Wildman–Crippen MR) is 133 cm³/mol. The number of benzene rings is 3. The summed E-state index contributed by atoms with van der Waals surface area (Å²) in [6.07, 6.45) is 0.175. The van der Waals surface area contributed by atoms with Crippen LogP contribution in [0.5, 0.6) is 0 Å². The average molecular weight is 474 g/mol. The average Bonchev–Trinajstić information content (AvgIpc) is 2.84. The van der Waals surface area contributed by atoms with Gasteiger partial charge in [-0.3, -0.25) is 14.2 Å². The van der Waals surface area contributed by atoms with Crippen molar-refractivity contribution in [3.05, 3.63) is 100 Å². The van der Waals surface area contributed by atoms with Crippen molar-refractivity contribution in [1.29, 1.82) is 0 Å². The molecule has 4 aromatic rings. The molecule has 0 aliphatic rings. The minimum atomic E-state index is -1.11. The molecule has 1 aromatic heterocycles. The minimum Gasteiger partial charge on any atom is -0.480 e. The molecule has 3 aromatic carbocycles. The molecule has 34 heavy (non-hydrogen) atoms. The van der Waals surface area contributed by atoms with Crippen molar-refractivity contribution >= 4 is 34.5 Å². The van der Waals surface area contributed by atoms with Crippen LogP contribution in [0.4, 0.5) is 0 Å². The number of hydrogen-bond acceptors (Lipinski definition) is 5. The molecular weight excluding hydrogens is 450 g/mol. The molecule has 1 atom stereocenters. The summed E-state index contributed by atoms with van der Waals surface area (Å²) >= 11 is 1.09. The first-order valence-electron chi connectivity index (χ1n) is 10.7. The number of rotatable bonds is 8. The van der Waals surface area contributed by atoms with E-state index < -0.39 is 17.9 Å². The molecule has 8 heteroatoms. The van der Waals surface area contributed by atoms with Crippen LogP contribution in [0.25, 0.3) is 16.6 Å². The number of carbonyl (C=O) groups excluding carboxylic acids is 1. The summed E-state index contributed by atoms with van der Waals surface area (Å²) in [5.74, 6) is -1.65. The summed E-state index contributed by atoms with van der Waals surface area (Å²) in [5, 5.41) is 13.0. The van der Waals surface area contributed by atoms with E-state index >= 15 is 0 Å². The van der Waals surface area contributed by atoms with Crippen molar-refractivity contribution in [3.8, 4) is 5.69 Å². The third-order valence-corrected chi connectivity index (χ3v) is 6.29. The summed E-state index contributed by atoms with van der Waals surface area (Å²) in [7, 11) is 0. The molecule has 0 aliphatic heterocycles. The van der Waals surface area contributed by atoms with Crippen molar-refractivity contribution in [2.75, 3.05) is 5.75 Å². The molecule has 0 fully saturated rings. The monoisotopic (exact) mass is 473 g/mol. The number of nitrogens with zero attached hydrogens (tertiary/aromatic N) is 2. The number of carboxylic acid groups (broad SMARTS) is 1. The van der Waals surface area contributed by atoms with Gasteiger partial charge in [-0.2, -0.15) is 0 Å². The molecule has 1 heterocycles. The van der Waals surface area contributed by atoms with Gasteiger partial charge in [-0.25, -0.2) is 9.78 Å². The van der Waals surface area contributed by atoms with E-state index in [9.17, 15) is 19.5 Å². The molecule has 0 bridgehead atoms. The third kappa shape index (κ3) is 5.18. The van der Waals surface area contributed by atoms with Crippen LogP contribution in [0.15, 0.2) is 88.8 Å². The van der Waals surface area contributed by atoms with Crippen molar-refractivity contribution < 1.29 is 14.7 Å². The molecule has 0 saturated carbocycles. The lowest BCUT2D eigenvalue weighted by Crippen LogP contribution is -2.43. The number of thioether (sulfide) groups is 1. The number of para-hydroxylation sites is 2. The molecule has 172 valence electrons. The fraction of sp³-hybridized carbons (Fsp3) is 0.154. The Morgan fingerprint density at radius 2 is 1.68 bits per heavy atom. The summed E-state index contributed by atoms with van der Waals surface area (Å²) < 4.78 is 1.51. The Labute approximate surface area is 200 Å². The first kappa shape index (κ1) is 23.3. The Morgan fingerprint density at radius 3 is 2.41 bits per heavy atom. The van der Waals surface area contributed by atoms with E-state index in [-0.39, 0.29) is 17.7 Å². The van der Waals surface area contributed by atoms with Crippen LogP contribution in [0.2, 0.25) is 0 Å². The lowest BCUT2D eigenvalue weighted by Gasteiger charge is -2.16. The van der Waals surface area contributed by atoms with E-state index in [1.165, 1.54) is 4.57 Å². The largest absolute Gasteiger partial charge is 0.480 e. The van der Waals surface area contributed by atoms with Gasteiger partial charge in [0.2, 0.25) is 5.91 Å². The van der Waals surface area contributed by atoms with Gasteiger partial charge in [0.1, 0.15) is 6.04 Å². The van der Waals surface area contributed by atoms with E-state index in [1.54, 1.807) is 24.3 Å². The first-order chi connectivity index (χ1) is 16.4. The summed E-state index contributed by atoms with van der Waals surface area (Å²) in [6, 6.07) is 22.6.